The summed E-state index contributed by atoms with van der Waals surface area (Å²) in [4.78, 5) is 0. The molecule has 120 valence electrons. The number of sulfonamides is 1. The Kier molecular flexibility index (Phi) is 5.37. The molecule has 1 aromatic rings. The number of rotatable bonds is 9. The van der Waals surface area contributed by atoms with Crippen molar-refractivity contribution in [3.63, 3.8) is 0 Å². The van der Waals surface area contributed by atoms with E-state index in [-0.39, 0.29) is 10.9 Å². The zero-order chi connectivity index (χ0) is 15.5. The molecule has 0 radical (unpaired) electrons. The average molecular weight is 316 g/mol. The second kappa shape index (κ2) is 6.87. The van der Waals surface area contributed by atoms with Gasteiger partial charge in [0.25, 0.3) is 10.0 Å². The zero-order valence-corrected chi connectivity index (χ0v) is 13.6. The first-order valence-corrected chi connectivity index (χ1v) is 8.68. The minimum absolute atomic E-state index is 0.0952. The van der Waals surface area contributed by atoms with Gasteiger partial charge in [0, 0.05) is 44.1 Å². The largest absolute Gasteiger partial charge is 0.384 e. The SMILES string of the molecule is COCC(C)CNS(=O)(=O)c1n[nH]c(C)c1CNC1CC1. The number of aromatic nitrogens is 2. The molecule has 0 aromatic carbocycles. The molecule has 8 heteroatoms. The molecular weight excluding hydrogens is 292 g/mol. The highest BCUT2D eigenvalue weighted by Crippen LogP contribution is 2.22. The molecule has 1 unspecified atom stereocenters. The molecule has 0 aliphatic heterocycles. The molecule has 7 nitrogen and oxygen atoms in total. The number of aryl methyl sites for hydroxylation is 1. The molecular formula is C13H24N4O3S. The molecule has 0 saturated heterocycles. The quantitative estimate of drug-likeness (QED) is 0.617. The van der Waals surface area contributed by atoms with Gasteiger partial charge < -0.3 is 10.1 Å². The smallest absolute Gasteiger partial charge is 0.260 e. The van der Waals surface area contributed by atoms with Gasteiger partial charge in [0.1, 0.15) is 0 Å². The van der Waals surface area contributed by atoms with Crippen molar-refractivity contribution in [3.05, 3.63) is 11.3 Å². The number of hydrogen-bond acceptors (Lipinski definition) is 5. The van der Waals surface area contributed by atoms with Crippen LogP contribution in [0.3, 0.4) is 0 Å². The molecule has 21 heavy (non-hydrogen) atoms. The van der Waals surface area contributed by atoms with E-state index in [0.29, 0.717) is 31.3 Å². The van der Waals surface area contributed by atoms with Gasteiger partial charge >= 0.3 is 0 Å². The fourth-order valence-corrected chi connectivity index (χ4v) is 3.41. The van der Waals surface area contributed by atoms with Crippen molar-refractivity contribution in [2.45, 2.75) is 44.3 Å². The summed E-state index contributed by atoms with van der Waals surface area (Å²) in [7, 11) is -2.00. The molecule has 1 atom stereocenters. The van der Waals surface area contributed by atoms with E-state index in [4.69, 9.17) is 4.74 Å². The van der Waals surface area contributed by atoms with E-state index in [9.17, 15) is 8.42 Å². The predicted octanol–water partition coefficient (Wildman–Crippen LogP) is 0.531. The molecule has 1 heterocycles. The zero-order valence-electron chi connectivity index (χ0n) is 12.8. The van der Waals surface area contributed by atoms with E-state index in [1.165, 1.54) is 0 Å². The Hall–Kier alpha value is -0.960. The lowest BCUT2D eigenvalue weighted by Crippen LogP contribution is -2.31. The van der Waals surface area contributed by atoms with Crippen molar-refractivity contribution in [3.8, 4) is 0 Å². The second-order valence-electron chi connectivity index (χ2n) is 5.70. The van der Waals surface area contributed by atoms with Crippen LogP contribution in [-0.2, 0) is 21.3 Å². The molecule has 0 amide bonds. The summed E-state index contributed by atoms with van der Waals surface area (Å²) >= 11 is 0. The first-order valence-electron chi connectivity index (χ1n) is 7.20. The van der Waals surface area contributed by atoms with Crippen molar-refractivity contribution < 1.29 is 13.2 Å². The van der Waals surface area contributed by atoms with Crippen molar-refractivity contribution in [2.24, 2.45) is 5.92 Å². The minimum Gasteiger partial charge on any atom is -0.384 e. The van der Waals surface area contributed by atoms with Crippen molar-refractivity contribution >= 4 is 10.0 Å². The van der Waals surface area contributed by atoms with Crippen LogP contribution in [-0.4, -0.2) is 44.9 Å². The third kappa shape index (κ3) is 4.50. The Morgan fingerprint density at radius 2 is 2.19 bits per heavy atom. The molecule has 1 aliphatic carbocycles. The van der Waals surface area contributed by atoms with Crippen LogP contribution in [0, 0.1) is 12.8 Å². The van der Waals surface area contributed by atoms with Crippen LogP contribution < -0.4 is 10.0 Å². The number of hydrogen-bond donors (Lipinski definition) is 3. The molecule has 3 N–H and O–H groups in total. The summed E-state index contributed by atoms with van der Waals surface area (Å²) in [5, 5.41) is 10.1. The number of aromatic amines is 1. The second-order valence-corrected chi connectivity index (χ2v) is 7.38. The van der Waals surface area contributed by atoms with Crippen LogP contribution in [0.1, 0.15) is 31.0 Å². The molecule has 1 aromatic heterocycles. The number of methoxy groups -OCH3 is 1. The van der Waals surface area contributed by atoms with Gasteiger partial charge in [-0.1, -0.05) is 6.92 Å². The maximum Gasteiger partial charge on any atom is 0.260 e. The molecule has 0 bridgehead atoms. The Morgan fingerprint density at radius 1 is 1.48 bits per heavy atom. The highest BCUT2D eigenvalue weighted by Gasteiger charge is 2.26. The lowest BCUT2D eigenvalue weighted by molar-refractivity contribution is 0.161. The monoisotopic (exact) mass is 316 g/mol. The Bertz CT molecular complexity index is 566. The maximum atomic E-state index is 12.4. The van der Waals surface area contributed by atoms with Gasteiger partial charge in [-0.05, 0) is 25.7 Å². The van der Waals surface area contributed by atoms with Crippen molar-refractivity contribution in [2.75, 3.05) is 20.3 Å². The van der Waals surface area contributed by atoms with E-state index in [1.54, 1.807) is 7.11 Å². The predicted molar refractivity (Wildman–Crippen MR) is 79.4 cm³/mol. The Morgan fingerprint density at radius 3 is 2.81 bits per heavy atom. The van der Waals surface area contributed by atoms with Gasteiger partial charge in [0.05, 0.1) is 0 Å². The molecule has 1 aliphatic rings. The van der Waals surface area contributed by atoms with Crippen LogP contribution in [0.25, 0.3) is 0 Å². The number of nitrogens with one attached hydrogen (secondary N) is 3. The van der Waals surface area contributed by atoms with Crippen LogP contribution in [0.15, 0.2) is 5.03 Å². The number of nitrogens with zero attached hydrogens (tertiary/aromatic N) is 1. The number of H-pyrrole nitrogens is 1. The van der Waals surface area contributed by atoms with E-state index in [2.05, 4.69) is 20.2 Å². The highest BCUT2D eigenvalue weighted by molar-refractivity contribution is 7.89. The van der Waals surface area contributed by atoms with Crippen LogP contribution in [0.4, 0.5) is 0 Å². The molecule has 0 spiro atoms. The van der Waals surface area contributed by atoms with E-state index >= 15 is 0 Å². The van der Waals surface area contributed by atoms with E-state index < -0.39 is 10.0 Å². The van der Waals surface area contributed by atoms with Gasteiger partial charge in [-0.3, -0.25) is 5.10 Å². The van der Waals surface area contributed by atoms with Crippen LogP contribution in [0.5, 0.6) is 0 Å². The molecule has 1 fully saturated rings. The van der Waals surface area contributed by atoms with Crippen LogP contribution in [0.2, 0.25) is 0 Å². The fourth-order valence-electron chi connectivity index (χ4n) is 2.06. The van der Waals surface area contributed by atoms with Crippen molar-refractivity contribution in [1.82, 2.24) is 20.2 Å². The van der Waals surface area contributed by atoms with Gasteiger partial charge in [0.2, 0.25) is 0 Å². The number of ether oxygens (including phenoxy) is 1. The molecule has 2 rings (SSSR count). The van der Waals surface area contributed by atoms with Gasteiger partial charge in [-0.15, -0.1) is 0 Å². The first-order chi connectivity index (χ1) is 9.94. The minimum atomic E-state index is -3.60. The van der Waals surface area contributed by atoms with E-state index in [1.807, 2.05) is 13.8 Å². The normalized spacial score (nSPS) is 17.1. The first kappa shape index (κ1) is 16.4. The fraction of sp³-hybridized carbons (Fsp3) is 0.769. The standard InChI is InChI=1S/C13H24N4O3S/c1-9(8-20-3)6-15-21(18,19)13-12(10(2)16-17-13)7-14-11-4-5-11/h9,11,14-15H,4-8H2,1-3H3,(H,16,17). The lowest BCUT2D eigenvalue weighted by Gasteiger charge is -2.12. The summed E-state index contributed by atoms with van der Waals surface area (Å²) in [5.41, 5.74) is 1.50. The Labute approximate surface area is 125 Å². The van der Waals surface area contributed by atoms with Crippen molar-refractivity contribution in [1.29, 1.82) is 0 Å². The summed E-state index contributed by atoms with van der Waals surface area (Å²) in [6.07, 6.45) is 2.32. The third-order valence-corrected chi connectivity index (χ3v) is 4.90. The highest BCUT2D eigenvalue weighted by atomic mass is 32.2. The summed E-state index contributed by atoms with van der Waals surface area (Å²) in [6.45, 7) is 5.13. The summed E-state index contributed by atoms with van der Waals surface area (Å²) in [6, 6.07) is 0.518. The Balaban J connectivity index is 2.04. The topological polar surface area (TPSA) is 96.1 Å². The van der Waals surface area contributed by atoms with Gasteiger partial charge in [-0.25, -0.2) is 13.1 Å². The lowest BCUT2D eigenvalue weighted by atomic mass is 10.2. The summed E-state index contributed by atoms with van der Waals surface area (Å²) < 4.78 is 32.4. The molecule has 1 saturated carbocycles. The van der Waals surface area contributed by atoms with Gasteiger partial charge in [-0.2, -0.15) is 5.10 Å². The maximum absolute atomic E-state index is 12.4. The third-order valence-electron chi connectivity index (χ3n) is 3.51. The van der Waals surface area contributed by atoms with Gasteiger partial charge in [0.15, 0.2) is 5.03 Å². The van der Waals surface area contributed by atoms with E-state index in [0.717, 1.165) is 18.5 Å². The average Bonchev–Trinajstić information content (AvgIpc) is 3.17. The van der Waals surface area contributed by atoms with Crippen LogP contribution >= 0.6 is 0 Å². The summed E-state index contributed by atoms with van der Waals surface area (Å²) in [5.74, 6) is 0.109.